The first-order valence-corrected chi connectivity index (χ1v) is 13.2. The Labute approximate surface area is 215 Å². The van der Waals surface area contributed by atoms with E-state index in [4.69, 9.17) is 21.1 Å². The first kappa shape index (κ1) is 25.7. The van der Waals surface area contributed by atoms with Crippen LogP contribution in [0.15, 0.2) is 102 Å². The fourth-order valence-electron chi connectivity index (χ4n) is 3.47. The van der Waals surface area contributed by atoms with Crippen molar-refractivity contribution < 1.29 is 22.3 Å². The lowest BCUT2D eigenvalue weighted by atomic mass is 10.1. The van der Waals surface area contributed by atoms with Crippen LogP contribution < -0.4 is 14.2 Å². The van der Waals surface area contributed by atoms with E-state index in [1.54, 1.807) is 0 Å². The highest BCUT2D eigenvalue weighted by atomic mass is 35.5. The highest BCUT2D eigenvalue weighted by molar-refractivity contribution is 7.89. The second kappa shape index (κ2) is 12.0. The molecule has 0 aliphatic carbocycles. The number of benzene rings is 4. The average Bonchev–Trinajstić information content (AvgIpc) is 2.89. The molecule has 0 unspecified atom stereocenters. The van der Waals surface area contributed by atoms with Crippen molar-refractivity contribution in [1.29, 1.82) is 0 Å². The molecule has 0 aromatic heterocycles. The molecule has 0 atom stereocenters. The molecule has 4 rings (SSSR count). The molecule has 1 N–H and O–H groups in total. The molecule has 0 fully saturated rings. The summed E-state index contributed by atoms with van der Waals surface area (Å²) in [5, 5.41) is -0.246. The second-order valence-electron chi connectivity index (χ2n) is 8.05. The van der Waals surface area contributed by atoms with Crippen molar-refractivity contribution in [2.24, 2.45) is 0 Å². The molecule has 0 bridgehead atoms. The Balaban J connectivity index is 1.44. The van der Waals surface area contributed by atoms with Crippen molar-refractivity contribution in [3.8, 4) is 11.5 Å². The zero-order chi connectivity index (χ0) is 25.4. The van der Waals surface area contributed by atoms with Crippen LogP contribution >= 0.6 is 11.6 Å². The molecule has 0 aliphatic heterocycles. The summed E-state index contributed by atoms with van der Waals surface area (Å²) in [4.78, 5) is -0.0922. The van der Waals surface area contributed by atoms with Crippen molar-refractivity contribution in [2.45, 2.75) is 24.5 Å². The fraction of sp³-hybridized carbons (Fsp3) is 0.143. The summed E-state index contributed by atoms with van der Waals surface area (Å²) in [6.45, 7) is 0.894. The molecule has 36 heavy (non-hydrogen) atoms. The number of rotatable bonds is 11. The summed E-state index contributed by atoms with van der Waals surface area (Å²) in [7, 11) is -3.83. The maximum absolute atomic E-state index is 13.4. The maximum Gasteiger partial charge on any atom is 0.240 e. The van der Waals surface area contributed by atoms with Crippen LogP contribution in [0.5, 0.6) is 11.5 Å². The van der Waals surface area contributed by atoms with E-state index in [0.29, 0.717) is 31.1 Å². The van der Waals surface area contributed by atoms with Gasteiger partial charge < -0.3 is 9.47 Å². The predicted octanol–water partition coefficient (Wildman–Crippen LogP) is 6.16. The van der Waals surface area contributed by atoms with E-state index in [-0.39, 0.29) is 16.5 Å². The van der Waals surface area contributed by atoms with E-state index in [0.717, 1.165) is 28.8 Å². The molecule has 0 saturated carbocycles. The van der Waals surface area contributed by atoms with Gasteiger partial charge in [0, 0.05) is 6.54 Å². The van der Waals surface area contributed by atoms with Crippen molar-refractivity contribution >= 4 is 21.6 Å². The Morgan fingerprint density at radius 3 is 1.94 bits per heavy atom. The first-order chi connectivity index (χ1) is 17.4. The van der Waals surface area contributed by atoms with Crippen LogP contribution in [0, 0.1) is 5.82 Å². The number of hydrogen-bond donors (Lipinski definition) is 1. The van der Waals surface area contributed by atoms with E-state index < -0.39 is 15.8 Å². The minimum absolute atomic E-state index is 0.0922. The average molecular weight is 526 g/mol. The standard InChI is InChI=1S/C28H25ClFNO4S/c29-25-18-24(12-13-26(25)30)36(32,33)31-16-15-21-11-14-27(34-19-22-7-3-1-4-8-22)28(17-21)35-20-23-9-5-2-6-10-23/h1-14,17-18,31H,15-16,19-20H2. The Kier molecular flexibility index (Phi) is 8.59. The molecule has 0 saturated heterocycles. The molecule has 4 aromatic carbocycles. The van der Waals surface area contributed by atoms with Gasteiger partial charge in [0.15, 0.2) is 11.5 Å². The zero-order valence-electron chi connectivity index (χ0n) is 19.4. The molecule has 0 spiro atoms. The summed E-state index contributed by atoms with van der Waals surface area (Å²) in [6.07, 6.45) is 0.412. The lowest BCUT2D eigenvalue weighted by molar-refractivity contribution is 0.255. The van der Waals surface area contributed by atoms with Gasteiger partial charge in [-0.3, -0.25) is 0 Å². The molecule has 0 radical (unpaired) electrons. The SMILES string of the molecule is O=S(=O)(NCCc1ccc(OCc2ccccc2)c(OCc2ccccc2)c1)c1ccc(F)c(Cl)c1. The molecule has 186 valence electrons. The van der Waals surface area contributed by atoms with E-state index >= 15 is 0 Å². The van der Waals surface area contributed by atoms with Gasteiger partial charge in [0.05, 0.1) is 9.92 Å². The van der Waals surface area contributed by atoms with Crippen LogP contribution in [-0.4, -0.2) is 15.0 Å². The Bertz CT molecular complexity index is 1400. The molecular formula is C28H25ClFNO4S. The third-order valence-electron chi connectivity index (χ3n) is 5.39. The maximum atomic E-state index is 13.4. The summed E-state index contributed by atoms with van der Waals surface area (Å²) in [5.41, 5.74) is 2.92. The van der Waals surface area contributed by atoms with Gasteiger partial charge in [-0.25, -0.2) is 17.5 Å². The number of sulfonamides is 1. The van der Waals surface area contributed by atoms with Gasteiger partial charge >= 0.3 is 0 Å². The zero-order valence-corrected chi connectivity index (χ0v) is 20.9. The number of hydrogen-bond acceptors (Lipinski definition) is 4. The van der Waals surface area contributed by atoms with E-state index in [1.807, 2.05) is 78.9 Å². The number of nitrogens with one attached hydrogen (secondary N) is 1. The Morgan fingerprint density at radius 1 is 0.722 bits per heavy atom. The predicted molar refractivity (Wildman–Crippen MR) is 138 cm³/mol. The summed E-state index contributed by atoms with van der Waals surface area (Å²) in [5.74, 6) is 0.494. The van der Waals surface area contributed by atoms with Gasteiger partial charge in [-0.15, -0.1) is 0 Å². The molecule has 8 heteroatoms. The van der Waals surface area contributed by atoms with Gasteiger partial charge in [-0.2, -0.15) is 0 Å². The normalized spacial score (nSPS) is 11.3. The Hall–Kier alpha value is -3.39. The smallest absolute Gasteiger partial charge is 0.240 e. The van der Waals surface area contributed by atoms with E-state index in [9.17, 15) is 12.8 Å². The highest BCUT2D eigenvalue weighted by Gasteiger charge is 2.16. The highest BCUT2D eigenvalue weighted by Crippen LogP contribution is 2.30. The van der Waals surface area contributed by atoms with Crippen LogP contribution in [0.2, 0.25) is 5.02 Å². The topological polar surface area (TPSA) is 64.6 Å². The summed E-state index contributed by atoms with van der Waals surface area (Å²) in [6, 6.07) is 28.5. The molecule has 0 aliphatic rings. The lowest BCUT2D eigenvalue weighted by Gasteiger charge is -2.15. The third kappa shape index (κ3) is 7.07. The third-order valence-corrected chi connectivity index (χ3v) is 7.14. The van der Waals surface area contributed by atoms with Crippen LogP contribution in [-0.2, 0) is 29.7 Å². The molecule has 5 nitrogen and oxygen atoms in total. The minimum atomic E-state index is -3.83. The summed E-state index contributed by atoms with van der Waals surface area (Å²) < 4.78 is 53.1. The number of ether oxygens (including phenoxy) is 2. The minimum Gasteiger partial charge on any atom is -0.485 e. The fourth-order valence-corrected chi connectivity index (χ4v) is 4.77. The van der Waals surface area contributed by atoms with E-state index in [1.165, 1.54) is 6.07 Å². The lowest BCUT2D eigenvalue weighted by Crippen LogP contribution is -2.26. The molecular weight excluding hydrogens is 501 g/mol. The van der Waals surface area contributed by atoms with Crippen molar-refractivity contribution in [2.75, 3.05) is 6.54 Å². The van der Waals surface area contributed by atoms with Gasteiger partial charge in [0.2, 0.25) is 10.0 Å². The van der Waals surface area contributed by atoms with E-state index in [2.05, 4.69) is 4.72 Å². The second-order valence-corrected chi connectivity index (χ2v) is 10.2. The largest absolute Gasteiger partial charge is 0.485 e. The molecule has 0 amide bonds. The molecule has 0 heterocycles. The van der Waals surface area contributed by atoms with Crippen LogP contribution in [0.3, 0.4) is 0 Å². The van der Waals surface area contributed by atoms with Gasteiger partial charge in [0.25, 0.3) is 0 Å². The van der Waals surface area contributed by atoms with Gasteiger partial charge in [-0.05, 0) is 53.4 Å². The number of halogens is 2. The van der Waals surface area contributed by atoms with Gasteiger partial charge in [-0.1, -0.05) is 78.3 Å². The van der Waals surface area contributed by atoms with Crippen LogP contribution in [0.4, 0.5) is 4.39 Å². The van der Waals surface area contributed by atoms with Crippen molar-refractivity contribution in [1.82, 2.24) is 4.72 Å². The van der Waals surface area contributed by atoms with Crippen LogP contribution in [0.1, 0.15) is 16.7 Å². The monoisotopic (exact) mass is 525 g/mol. The first-order valence-electron chi connectivity index (χ1n) is 11.3. The van der Waals surface area contributed by atoms with Crippen LogP contribution in [0.25, 0.3) is 0 Å². The summed E-state index contributed by atoms with van der Waals surface area (Å²) >= 11 is 5.73. The van der Waals surface area contributed by atoms with Gasteiger partial charge in [0.1, 0.15) is 19.0 Å². The molecule has 4 aromatic rings. The van der Waals surface area contributed by atoms with Crippen molar-refractivity contribution in [3.05, 3.63) is 125 Å². The Morgan fingerprint density at radius 2 is 1.33 bits per heavy atom. The quantitative estimate of drug-likeness (QED) is 0.255. The van der Waals surface area contributed by atoms with Crippen molar-refractivity contribution in [3.63, 3.8) is 0 Å².